The minimum absolute atomic E-state index is 0.0404. The maximum absolute atomic E-state index is 12.4. The van der Waals surface area contributed by atoms with Crippen LogP contribution in [0.1, 0.15) is 17.5 Å². The number of hydrogen-bond acceptors (Lipinski definition) is 4. The zero-order chi connectivity index (χ0) is 18.5. The van der Waals surface area contributed by atoms with Gasteiger partial charge in [-0.2, -0.15) is 0 Å². The number of nitrogens with zero attached hydrogens (tertiary/aromatic N) is 3. The molecule has 0 unspecified atom stereocenters. The highest BCUT2D eigenvalue weighted by Crippen LogP contribution is 2.13. The quantitative estimate of drug-likeness (QED) is 0.850. The Balaban J connectivity index is 1.48. The largest absolute Gasteiger partial charge is 0.340 e. The summed E-state index contributed by atoms with van der Waals surface area (Å²) in [5.41, 5.74) is 1.71. The highest BCUT2D eigenvalue weighted by Gasteiger charge is 2.21. The molecular weight excluding hydrogens is 332 g/mol. The number of benzene rings is 1. The van der Waals surface area contributed by atoms with Crippen molar-refractivity contribution in [2.75, 3.05) is 26.2 Å². The molecule has 1 fully saturated rings. The van der Waals surface area contributed by atoms with E-state index in [1.807, 2.05) is 11.0 Å². The second-order valence-electron chi connectivity index (χ2n) is 6.64. The zero-order valence-electron chi connectivity index (χ0n) is 15.0. The Bertz CT molecular complexity index is 879. The van der Waals surface area contributed by atoms with E-state index in [4.69, 9.17) is 0 Å². The summed E-state index contributed by atoms with van der Waals surface area (Å²) in [5, 5.41) is 0. The maximum atomic E-state index is 12.4. The molecule has 7 nitrogen and oxygen atoms in total. The van der Waals surface area contributed by atoms with Crippen LogP contribution in [0.4, 0.5) is 0 Å². The molecule has 1 N–H and O–H groups in total. The van der Waals surface area contributed by atoms with Gasteiger partial charge in [0.1, 0.15) is 0 Å². The van der Waals surface area contributed by atoms with Crippen LogP contribution in [0.25, 0.3) is 0 Å². The van der Waals surface area contributed by atoms with Crippen LogP contribution in [-0.2, 0) is 17.9 Å². The molecule has 0 saturated carbocycles. The minimum atomic E-state index is -0.478. The van der Waals surface area contributed by atoms with Crippen molar-refractivity contribution in [1.82, 2.24) is 19.4 Å². The molecule has 2 aromatic rings. The number of carbonyl (C=O) groups is 1. The Morgan fingerprint density at radius 1 is 1.08 bits per heavy atom. The summed E-state index contributed by atoms with van der Waals surface area (Å²) in [6.45, 7) is 6.39. The number of aromatic nitrogens is 2. The predicted octanol–water partition coefficient (Wildman–Crippen LogP) is 0.580. The molecule has 0 radical (unpaired) electrons. The van der Waals surface area contributed by atoms with Crippen molar-refractivity contribution in [3.8, 4) is 0 Å². The average molecular weight is 356 g/mol. The van der Waals surface area contributed by atoms with Gasteiger partial charge in [-0.05, 0) is 18.1 Å². The van der Waals surface area contributed by atoms with Crippen molar-refractivity contribution in [1.29, 1.82) is 0 Å². The van der Waals surface area contributed by atoms with E-state index in [9.17, 15) is 14.4 Å². The lowest BCUT2D eigenvalue weighted by Crippen LogP contribution is -2.48. The fraction of sp³-hybridized carbons (Fsp3) is 0.421. The number of aryl methyl sites for hydroxylation is 2. The lowest BCUT2D eigenvalue weighted by Gasteiger charge is -2.35. The van der Waals surface area contributed by atoms with E-state index in [1.165, 1.54) is 28.0 Å². The van der Waals surface area contributed by atoms with E-state index in [1.54, 1.807) is 0 Å². The van der Waals surface area contributed by atoms with E-state index >= 15 is 0 Å². The van der Waals surface area contributed by atoms with Crippen LogP contribution in [0.5, 0.6) is 0 Å². The smallest absolute Gasteiger partial charge is 0.328 e. The number of aromatic amines is 1. The summed E-state index contributed by atoms with van der Waals surface area (Å²) in [6.07, 6.45) is 1.68. The first-order valence-corrected chi connectivity index (χ1v) is 8.87. The number of hydrogen-bond donors (Lipinski definition) is 1. The monoisotopic (exact) mass is 356 g/mol. The van der Waals surface area contributed by atoms with Gasteiger partial charge in [-0.1, -0.05) is 24.3 Å². The third kappa shape index (κ3) is 4.49. The topological polar surface area (TPSA) is 78.4 Å². The number of nitrogens with one attached hydrogen (secondary N) is 1. The predicted molar refractivity (Wildman–Crippen MR) is 99.0 cm³/mol. The zero-order valence-corrected chi connectivity index (χ0v) is 15.0. The molecule has 138 valence electrons. The summed E-state index contributed by atoms with van der Waals surface area (Å²) in [5.74, 6) is 0.0404. The second-order valence-corrected chi connectivity index (χ2v) is 6.64. The van der Waals surface area contributed by atoms with E-state index in [0.29, 0.717) is 13.1 Å². The molecule has 1 aromatic heterocycles. The minimum Gasteiger partial charge on any atom is -0.340 e. The van der Waals surface area contributed by atoms with Gasteiger partial charge >= 0.3 is 5.69 Å². The Hall–Kier alpha value is -2.67. The molecule has 0 aliphatic carbocycles. The first-order chi connectivity index (χ1) is 12.5. The van der Waals surface area contributed by atoms with Gasteiger partial charge in [0.2, 0.25) is 5.91 Å². The van der Waals surface area contributed by atoms with Crippen LogP contribution in [0, 0.1) is 6.92 Å². The van der Waals surface area contributed by atoms with Crippen molar-refractivity contribution in [2.45, 2.75) is 26.4 Å². The van der Waals surface area contributed by atoms with Crippen LogP contribution < -0.4 is 11.2 Å². The van der Waals surface area contributed by atoms with E-state index in [2.05, 4.69) is 35.0 Å². The number of H-pyrrole nitrogens is 1. The summed E-state index contributed by atoms with van der Waals surface area (Å²) in [6, 6.07) is 9.66. The van der Waals surface area contributed by atoms with Crippen molar-refractivity contribution in [2.24, 2.45) is 0 Å². The highest BCUT2D eigenvalue weighted by molar-refractivity contribution is 5.76. The Morgan fingerprint density at radius 3 is 2.50 bits per heavy atom. The Kier molecular flexibility index (Phi) is 5.68. The van der Waals surface area contributed by atoms with Gasteiger partial charge in [-0.25, -0.2) is 4.79 Å². The third-order valence-electron chi connectivity index (χ3n) is 4.84. The van der Waals surface area contributed by atoms with Gasteiger partial charge in [0.25, 0.3) is 5.56 Å². The van der Waals surface area contributed by atoms with Gasteiger partial charge in [-0.3, -0.25) is 19.5 Å². The molecule has 1 aliphatic heterocycles. The molecule has 0 atom stereocenters. The number of amides is 1. The van der Waals surface area contributed by atoms with E-state index in [-0.39, 0.29) is 18.9 Å². The van der Waals surface area contributed by atoms with Crippen molar-refractivity contribution in [3.05, 3.63) is 68.5 Å². The van der Waals surface area contributed by atoms with Gasteiger partial charge < -0.3 is 9.47 Å². The molecule has 2 heterocycles. The first kappa shape index (κ1) is 18.1. The summed E-state index contributed by atoms with van der Waals surface area (Å²) in [4.78, 5) is 41.5. The number of carbonyl (C=O) groups excluding carboxylic acids is 1. The lowest BCUT2D eigenvalue weighted by molar-refractivity contribution is -0.133. The molecular formula is C19H24N4O3. The molecule has 7 heteroatoms. The summed E-state index contributed by atoms with van der Waals surface area (Å²) >= 11 is 0. The van der Waals surface area contributed by atoms with Gasteiger partial charge in [-0.15, -0.1) is 0 Å². The molecule has 0 spiro atoms. The van der Waals surface area contributed by atoms with Crippen LogP contribution in [0.3, 0.4) is 0 Å². The maximum Gasteiger partial charge on any atom is 0.328 e. The van der Waals surface area contributed by atoms with E-state index < -0.39 is 11.2 Å². The molecule has 1 aliphatic rings. The fourth-order valence-corrected chi connectivity index (χ4v) is 3.18. The van der Waals surface area contributed by atoms with E-state index in [0.717, 1.165) is 19.6 Å². The number of rotatable bonds is 5. The average Bonchev–Trinajstić information content (AvgIpc) is 2.63. The van der Waals surface area contributed by atoms with Gasteiger partial charge in [0.15, 0.2) is 0 Å². The van der Waals surface area contributed by atoms with Crippen LogP contribution >= 0.6 is 0 Å². The summed E-state index contributed by atoms with van der Waals surface area (Å²) in [7, 11) is 0. The van der Waals surface area contributed by atoms with Crippen molar-refractivity contribution in [3.63, 3.8) is 0 Å². The van der Waals surface area contributed by atoms with Crippen LogP contribution in [-0.4, -0.2) is 51.4 Å². The SMILES string of the molecule is Cc1ccccc1CN1CCN(C(=O)CCn2ccc(=O)[nH]c2=O)CC1. The molecule has 3 rings (SSSR count). The normalized spacial score (nSPS) is 15.2. The third-order valence-corrected chi connectivity index (χ3v) is 4.84. The van der Waals surface area contributed by atoms with Crippen molar-refractivity contribution < 1.29 is 4.79 Å². The van der Waals surface area contributed by atoms with Gasteiger partial charge in [0, 0.05) is 58.0 Å². The second kappa shape index (κ2) is 8.14. The highest BCUT2D eigenvalue weighted by atomic mass is 16.2. The fourth-order valence-electron chi connectivity index (χ4n) is 3.18. The molecule has 26 heavy (non-hydrogen) atoms. The lowest BCUT2D eigenvalue weighted by atomic mass is 10.1. The van der Waals surface area contributed by atoms with Crippen LogP contribution in [0.15, 0.2) is 46.1 Å². The van der Waals surface area contributed by atoms with Gasteiger partial charge in [0.05, 0.1) is 0 Å². The standard InChI is InChI=1S/C19H24N4O3/c1-15-4-2-3-5-16(15)14-21-10-12-22(13-11-21)18(25)7-9-23-8-6-17(24)20-19(23)26/h2-6,8H,7,9-14H2,1H3,(H,20,24,26). The molecule has 1 aromatic carbocycles. The van der Waals surface area contributed by atoms with Crippen LogP contribution in [0.2, 0.25) is 0 Å². The molecule has 1 saturated heterocycles. The summed E-state index contributed by atoms with van der Waals surface area (Å²) < 4.78 is 1.35. The van der Waals surface area contributed by atoms with Crippen molar-refractivity contribution >= 4 is 5.91 Å². The first-order valence-electron chi connectivity index (χ1n) is 8.87. The molecule has 1 amide bonds. The number of piperazine rings is 1. The Morgan fingerprint density at radius 2 is 1.81 bits per heavy atom. The molecule has 0 bridgehead atoms. The Labute approximate surface area is 151 Å².